The lowest BCUT2D eigenvalue weighted by molar-refractivity contribution is 0.367. The van der Waals surface area contributed by atoms with Crippen LogP contribution in [0.4, 0.5) is 21.6 Å². The molecule has 1 atom stereocenters. The Bertz CT molecular complexity index is 3530. The van der Waals surface area contributed by atoms with E-state index in [4.69, 9.17) is 38.8 Å². The van der Waals surface area contributed by atoms with E-state index in [9.17, 15) is 19.1 Å². The highest BCUT2D eigenvalue weighted by molar-refractivity contribution is 8.03. The molecule has 5 aromatic carbocycles. The van der Waals surface area contributed by atoms with Crippen molar-refractivity contribution >= 4 is 62.5 Å². The van der Waals surface area contributed by atoms with Crippen LogP contribution in [-0.2, 0) is 16.3 Å². The van der Waals surface area contributed by atoms with Crippen molar-refractivity contribution in [3.63, 3.8) is 0 Å². The Morgan fingerprint density at radius 2 is 1.20 bits per heavy atom. The van der Waals surface area contributed by atoms with Gasteiger partial charge >= 0.3 is 0 Å². The van der Waals surface area contributed by atoms with Gasteiger partial charge in [-0.15, -0.1) is 0 Å². The zero-order chi connectivity index (χ0) is 53.1. The molecule has 0 spiro atoms. The second-order valence-electron chi connectivity index (χ2n) is 17.3. The van der Waals surface area contributed by atoms with E-state index in [0.717, 1.165) is 78.8 Å². The molecule has 0 saturated heterocycles. The molecule has 1 unspecified atom stereocenters. The van der Waals surface area contributed by atoms with Crippen LogP contribution < -0.4 is 28.7 Å². The van der Waals surface area contributed by atoms with Gasteiger partial charge in [-0.3, -0.25) is 9.19 Å². The van der Waals surface area contributed by atoms with E-state index >= 15 is 0 Å². The van der Waals surface area contributed by atoms with Crippen LogP contribution in [0.3, 0.4) is 0 Å². The Hall–Kier alpha value is -8.75. The van der Waals surface area contributed by atoms with Crippen molar-refractivity contribution in [2.24, 2.45) is 11.5 Å². The van der Waals surface area contributed by atoms with Gasteiger partial charge in [0.2, 0.25) is 0 Å². The highest BCUT2D eigenvalue weighted by Crippen LogP contribution is 2.37. The Morgan fingerprint density at radius 3 is 1.72 bits per heavy atom. The smallest absolute Gasteiger partial charge is 0.164 e. The minimum Gasteiger partial charge on any atom is -0.398 e. The number of allylic oxidation sites excluding steroid dienone is 2. The Kier molecular flexibility index (Phi) is 17.0. The Morgan fingerprint density at radius 1 is 0.689 bits per heavy atom. The van der Waals surface area contributed by atoms with Gasteiger partial charge in [-0.1, -0.05) is 89.8 Å². The maximum Gasteiger partial charge on any atom is 0.164 e. The van der Waals surface area contributed by atoms with Gasteiger partial charge in [0.15, 0.2) is 5.65 Å². The van der Waals surface area contributed by atoms with Crippen LogP contribution in [0.25, 0.3) is 56.2 Å². The number of hydrogen-bond donors (Lipinski definition) is 6. The molecule has 0 aliphatic heterocycles. The predicted molar refractivity (Wildman–Crippen MR) is 297 cm³/mol. The van der Waals surface area contributed by atoms with Crippen LogP contribution in [0, 0.1) is 35.4 Å². The summed E-state index contributed by atoms with van der Waals surface area (Å²) in [5.41, 5.74) is 38.9. The number of imidazole rings is 1. The van der Waals surface area contributed by atoms with Crippen molar-refractivity contribution in [1.82, 2.24) is 34.7 Å². The minimum absolute atomic E-state index is 0.000237. The third-order valence-electron chi connectivity index (χ3n) is 10.9. The maximum absolute atomic E-state index is 13.3. The predicted octanol–water partition coefficient (Wildman–Crippen LogP) is 10.9. The summed E-state index contributed by atoms with van der Waals surface area (Å²) in [4.78, 5) is 22.8. The van der Waals surface area contributed by atoms with Gasteiger partial charge in [-0.2, -0.15) is 15.6 Å². The number of nitrogen functional groups attached to an aromatic ring is 3. The molecule has 4 aromatic heterocycles. The van der Waals surface area contributed by atoms with Crippen LogP contribution >= 0.6 is 23.5 Å². The number of hydrogen-bond acceptors (Lipinski definition) is 15. The van der Waals surface area contributed by atoms with Gasteiger partial charge in [0.05, 0.1) is 32.4 Å². The molecule has 0 aliphatic rings. The molecule has 0 amide bonds. The quantitative estimate of drug-likeness (QED) is 0.0321. The molecular formula is C55H51FN14OS3. The van der Waals surface area contributed by atoms with Gasteiger partial charge in [0, 0.05) is 77.8 Å². The number of thioether (sulfide) groups is 2. The van der Waals surface area contributed by atoms with Crippen LogP contribution in [0.1, 0.15) is 26.3 Å². The van der Waals surface area contributed by atoms with E-state index in [0.29, 0.717) is 32.8 Å². The summed E-state index contributed by atoms with van der Waals surface area (Å²) in [6.45, 7) is 8.34. The molecule has 15 nitrogen and oxygen atoms in total. The van der Waals surface area contributed by atoms with Gasteiger partial charge in [-0.25, -0.2) is 24.0 Å². The lowest BCUT2D eigenvalue weighted by atomic mass is 10.1. The first-order chi connectivity index (χ1) is 35.5. The second-order valence-corrected chi connectivity index (χ2v) is 20.8. The summed E-state index contributed by atoms with van der Waals surface area (Å²) in [6, 6.07) is 43.9. The first-order valence-electron chi connectivity index (χ1n) is 22.6. The molecule has 9 aromatic rings. The fourth-order valence-electron chi connectivity index (χ4n) is 7.17. The standard InChI is InChI=1S/C21H16FN3OS.C18H16N6S2.C16H19N5/c1-27(26)18-8-4-16(5-9-18)21-24-19(14-2-6-17(22)7-3-14)20(25-21)15-10-12-23-13-11-15;19-9-11(17(23)25-15-7-3-1-5-13(15)21)12(10-20)18(24)26-16-8-4-2-6-14(16)22;1-10-5-7-11(8-6-10)13-12-14(17)18-9-19-15(12)21(20-13)16(2,3)4/h2-13H,1H3,(H,24,25);1-8H,21-24H2;5-9H,1-4H3,(H2,17,18,19)/b;17-11+,18-12+;. The molecule has 0 aliphatic carbocycles. The van der Waals surface area contributed by atoms with E-state index in [2.05, 4.69) is 71.9 Å². The molecule has 372 valence electrons. The fraction of sp³-hybridized carbons (Fsp3) is 0.109. The van der Waals surface area contributed by atoms with Crippen LogP contribution in [0.2, 0.25) is 0 Å². The monoisotopic (exact) mass is 1040 g/mol. The molecule has 19 heteroatoms. The highest BCUT2D eigenvalue weighted by atomic mass is 32.2. The number of nitrogens with one attached hydrogen (secondary N) is 1. The van der Waals surface area contributed by atoms with Crippen molar-refractivity contribution in [3.05, 3.63) is 185 Å². The SMILES string of the molecule is CS(=O)c1ccc(-c2nc(-c3ccc(F)cc3)c(-c3ccncc3)[nH]2)cc1.Cc1ccc(-c2nn(C(C)(C)C)c3ncnc(N)c23)cc1.N#CC(=C(/N)Sc1ccccc1N)/C(C#N)=C(\N)Sc1ccccc1N. The molecule has 0 saturated carbocycles. The number of aromatic amines is 1. The molecule has 11 N–H and O–H groups in total. The molecular weight excluding hydrogens is 988 g/mol. The zero-order valence-corrected chi connectivity index (χ0v) is 43.4. The number of halogens is 1. The van der Waals surface area contributed by atoms with Crippen LogP contribution in [0.15, 0.2) is 188 Å². The van der Waals surface area contributed by atoms with Crippen molar-refractivity contribution in [2.75, 3.05) is 23.5 Å². The molecule has 9 rings (SSSR count). The van der Waals surface area contributed by atoms with Gasteiger partial charge in [0.25, 0.3) is 0 Å². The van der Waals surface area contributed by atoms with Gasteiger partial charge < -0.3 is 33.7 Å². The molecule has 0 fully saturated rings. The van der Waals surface area contributed by atoms with E-state index in [1.807, 2.05) is 65.4 Å². The number of benzene rings is 5. The van der Waals surface area contributed by atoms with E-state index in [1.165, 1.54) is 24.0 Å². The van der Waals surface area contributed by atoms with E-state index in [-0.39, 0.29) is 32.6 Å². The van der Waals surface area contributed by atoms with Gasteiger partial charge in [-0.05, 0) is 100 Å². The molecule has 0 bridgehead atoms. The van der Waals surface area contributed by atoms with Crippen molar-refractivity contribution in [3.8, 4) is 57.3 Å². The lowest BCUT2D eigenvalue weighted by Gasteiger charge is -2.19. The summed E-state index contributed by atoms with van der Waals surface area (Å²) in [5.74, 6) is 0.865. The average molecular weight is 1040 g/mol. The first-order valence-corrected chi connectivity index (χ1v) is 25.8. The molecule has 0 radical (unpaired) electrons. The average Bonchev–Trinajstić information content (AvgIpc) is 4.03. The van der Waals surface area contributed by atoms with E-state index < -0.39 is 10.8 Å². The number of H-pyrrole nitrogens is 1. The number of para-hydroxylation sites is 2. The summed E-state index contributed by atoms with van der Waals surface area (Å²) in [5, 5.41) is 24.9. The number of rotatable bonds is 10. The third-order valence-corrected chi connectivity index (χ3v) is 13.9. The molecule has 74 heavy (non-hydrogen) atoms. The van der Waals surface area contributed by atoms with Crippen molar-refractivity contribution in [1.29, 1.82) is 10.5 Å². The zero-order valence-electron chi connectivity index (χ0n) is 40.9. The second kappa shape index (κ2) is 23.7. The first kappa shape index (κ1) is 53.1. The number of nitriles is 2. The Labute approximate surface area is 438 Å². The fourth-order valence-corrected chi connectivity index (χ4v) is 9.33. The number of fused-ring (bicyclic) bond motifs is 1. The van der Waals surface area contributed by atoms with Crippen molar-refractivity contribution < 1.29 is 8.60 Å². The third kappa shape index (κ3) is 12.6. The Balaban J connectivity index is 0.000000163. The van der Waals surface area contributed by atoms with Crippen LogP contribution in [0.5, 0.6) is 0 Å². The summed E-state index contributed by atoms with van der Waals surface area (Å²) >= 11 is 2.22. The van der Waals surface area contributed by atoms with Crippen LogP contribution in [-0.4, -0.2) is 45.2 Å². The lowest BCUT2D eigenvalue weighted by Crippen LogP contribution is -2.23. The number of anilines is 3. The normalized spacial score (nSPS) is 12.2. The minimum atomic E-state index is -1.03. The molecule has 4 heterocycles. The largest absolute Gasteiger partial charge is 0.398 e. The number of aromatic nitrogens is 7. The number of aryl methyl sites for hydroxylation is 1. The number of nitrogens with two attached hydrogens (primary N) is 5. The summed E-state index contributed by atoms with van der Waals surface area (Å²) in [7, 11) is -1.03. The summed E-state index contributed by atoms with van der Waals surface area (Å²) in [6.07, 6.45) is 6.57. The highest BCUT2D eigenvalue weighted by Gasteiger charge is 2.24. The topological polar surface area (TPSA) is 280 Å². The summed E-state index contributed by atoms with van der Waals surface area (Å²) < 4.78 is 26.9. The number of nitrogens with zero attached hydrogens (tertiary/aromatic N) is 8. The number of pyridine rings is 1. The van der Waals surface area contributed by atoms with Gasteiger partial charge in [0.1, 0.15) is 52.8 Å². The van der Waals surface area contributed by atoms with Crippen molar-refractivity contribution in [2.45, 2.75) is 47.9 Å². The van der Waals surface area contributed by atoms with E-state index in [1.54, 1.807) is 67.2 Å². The maximum atomic E-state index is 13.3.